The number of hydrogen-bond donors (Lipinski definition) is 0. The first-order valence-electron chi connectivity index (χ1n) is 21.2. The molecule has 0 aliphatic heterocycles. The summed E-state index contributed by atoms with van der Waals surface area (Å²) in [7, 11) is 0. The fourth-order valence-corrected chi connectivity index (χ4v) is 12.5. The van der Waals surface area contributed by atoms with E-state index >= 15 is 0 Å². The molecule has 2 nitrogen and oxygen atoms in total. The Balaban J connectivity index is 1.02. The van der Waals surface area contributed by atoms with Crippen LogP contribution in [-0.2, 0) is 10.8 Å². The van der Waals surface area contributed by atoms with E-state index in [1.807, 2.05) is 0 Å². The topological polar surface area (TPSA) is 16.4 Å². The molecule has 1 spiro atoms. The Labute approximate surface area is 339 Å². The van der Waals surface area contributed by atoms with Crippen molar-refractivity contribution < 1.29 is 4.42 Å². The molecular weight excluding hydrogens is 703 g/mol. The predicted octanol–water partition coefficient (Wildman–Crippen LogP) is 15.3. The molecular formula is C56H43NO. The number of rotatable bonds is 4. The molecule has 4 aliphatic carbocycles. The number of hydrogen-bond acceptors (Lipinski definition) is 2. The van der Waals surface area contributed by atoms with Crippen molar-refractivity contribution in [2.45, 2.75) is 50.4 Å². The molecule has 8 aromatic carbocycles. The summed E-state index contributed by atoms with van der Waals surface area (Å²) in [4.78, 5) is 2.51. The maximum Gasteiger partial charge on any atom is 0.143 e. The molecule has 2 fully saturated rings. The molecule has 1 heterocycles. The lowest BCUT2D eigenvalue weighted by molar-refractivity contribution is 0.327. The molecule has 3 unspecified atom stereocenters. The summed E-state index contributed by atoms with van der Waals surface area (Å²) in [6.07, 6.45) is 5.31. The highest BCUT2D eigenvalue weighted by Gasteiger charge is 2.56. The van der Waals surface area contributed by atoms with Crippen molar-refractivity contribution in [3.63, 3.8) is 0 Å². The first-order valence-corrected chi connectivity index (χ1v) is 21.2. The molecule has 13 rings (SSSR count). The average Bonchev–Trinajstić information content (AvgIpc) is 4.09. The number of anilines is 3. The average molecular weight is 746 g/mol. The van der Waals surface area contributed by atoms with E-state index in [2.05, 4.69) is 183 Å². The molecule has 1 aromatic heterocycles. The first kappa shape index (κ1) is 32.7. The van der Waals surface area contributed by atoms with Crippen LogP contribution in [0.4, 0.5) is 17.1 Å². The van der Waals surface area contributed by atoms with Crippen molar-refractivity contribution in [1.82, 2.24) is 0 Å². The van der Waals surface area contributed by atoms with Gasteiger partial charge in [-0.15, -0.1) is 0 Å². The van der Waals surface area contributed by atoms with Gasteiger partial charge in [0.15, 0.2) is 0 Å². The molecule has 58 heavy (non-hydrogen) atoms. The summed E-state index contributed by atoms with van der Waals surface area (Å²) < 4.78 is 6.79. The summed E-state index contributed by atoms with van der Waals surface area (Å²) in [6.45, 7) is 4.76. The van der Waals surface area contributed by atoms with Gasteiger partial charge in [-0.1, -0.05) is 142 Å². The maximum absolute atomic E-state index is 6.79. The van der Waals surface area contributed by atoms with Crippen LogP contribution in [0.2, 0.25) is 0 Å². The molecule has 0 N–H and O–H groups in total. The lowest BCUT2D eigenvalue weighted by atomic mass is 9.67. The summed E-state index contributed by atoms with van der Waals surface area (Å²) in [5.41, 5.74) is 19.3. The van der Waals surface area contributed by atoms with Gasteiger partial charge < -0.3 is 9.32 Å². The Morgan fingerprint density at radius 1 is 0.552 bits per heavy atom. The van der Waals surface area contributed by atoms with Gasteiger partial charge in [0, 0.05) is 33.0 Å². The Morgan fingerprint density at radius 3 is 2.09 bits per heavy atom. The van der Waals surface area contributed by atoms with Gasteiger partial charge in [-0.05, 0) is 135 Å². The van der Waals surface area contributed by atoms with E-state index in [4.69, 9.17) is 4.42 Å². The number of furan rings is 1. The largest absolute Gasteiger partial charge is 0.455 e. The van der Waals surface area contributed by atoms with E-state index in [1.54, 1.807) is 5.56 Å². The quantitative estimate of drug-likeness (QED) is 0.178. The Bertz CT molecular complexity index is 3180. The smallest absolute Gasteiger partial charge is 0.143 e. The zero-order valence-corrected chi connectivity index (χ0v) is 32.9. The standard InChI is InChI=1S/C56H43NO/c1-55(2)47-17-7-5-14-43(47)45-16-9-15-40(53(45)55)36-22-26-38(27-23-36)57(50-19-10-20-51-52(50)46-29-24-35-11-3-4-12-41(35)54(46)58-51)39-28-30-44-42-13-6-8-18-48(42)56(49(44)32-39)33-34-21-25-37(56)31-34/h3-20,22-24,26-30,32,34,37H,21,25,31,33H2,1-2H3. The molecule has 0 radical (unpaired) electrons. The predicted molar refractivity (Wildman–Crippen MR) is 241 cm³/mol. The lowest BCUT2D eigenvalue weighted by Gasteiger charge is -2.37. The highest BCUT2D eigenvalue weighted by Crippen LogP contribution is 2.66. The van der Waals surface area contributed by atoms with Crippen molar-refractivity contribution in [2.24, 2.45) is 11.8 Å². The van der Waals surface area contributed by atoms with Crippen LogP contribution in [0, 0.1) is 11.8 Å². The van der Waals surface area contributed by atoms with Gasteiger partial charge >= 0.3 is 0 Å². The van der Waals surface area contributed by atoms with Gasteiger partial charge in [0.2, 0.25) is 0 Å². The minimum absolute atomic E-state index is 0.0890. The molecule has 0 saturated heterocycles. The maximum atomic E-state index is 6.79. The number of benzene rings is 8. The van der Waals surface area contributed by atoms with E-state index in [-0.39, 0.29) is 10.8 Å². The number of fused-ring (bicyclic) bond motifs is 16. The number of nitrogens with zero attached hydrogens (tertiary/aromatic N) is 1. The SMILES string of the molecule is CC1(C)c2ccccc2-c2cccc(-c3ccc(N(c4ccc5c(c4)C4(CC6CCC4C6)c4ccccc4-5)c4cccc5oc6c7ccccc7ccc6c45)cc3)c21. The lowest BCUT2D eigenvalue weighted by Crippen LogP contribution is -2.32. The molecule has 278 valence electrons. The monoisotopic (exact) mass is 745 g/mol. The second-order valence-electron chi connectivity index (χ2n) is 18.0. The van der Waals surface area contributed by atoms with Gasteiger partial charge in [-0.3, -0.25) is 0 Å². The molecule has 2 heteroatoms. The second-order valence-corrected chi connectivity index (χ2v) is 18.0. The van der Waals surface area contributed by atoms with Crippen molar-refractivity contribution >= 4 is 49.8 Å². The minimum Gasteiger partial charge on any atom is -0.455 e. The summed E-state index contributed by atoms with van der Waals surface area (Å²) in [5.74, 6) is 1.51. The molecule has 2 saturated carbocycles. The molecule has 3 atom stereocenters. The van der Waals surface area contributed by atoms with Crippen molar-refractivity contribution in [3.8, 4) is 33.4 Å². The van der Waals surface area contributed by atoms with Crippen LogP contribution in [0.25, 0.3) is 66.1 Å². The highest BCUT2D eigenvalue weighted by atomic mass is 16.3. The van der Waals surface area contributed by atoms with Crippen LogP contribution < -0.4 is 4.90 Å². The Morgan fingerprint density at radius 2 is 1.26 bits per heavy atom. The van der Waals surface area contributed by atoms with E-state index < -0.39 is 0 Å². The van der Waals surface area contributed by atoms with E-state index in [0.29, 0.717) is 5.92 Å². The van der Waals surface area contributed by atoms with E-state index in [1.165, 1.54) is 86.8 Å². The Hall–Kier alpha value is -6.38. The minimum atomic E-state index is -0.0903. The fourth-order valence-electron chi connectivity index (χ4n) is 12.5. The molecule has 4 aliphatic rings. The second kappa shape index (κ2) is 11.6. The normalized spacial score (nSPS) is 20.5. The summed E-state index contributed by atoms with van der Waals surface area (Å²) in [5, 5.41) is 4.62. The van der Waals surface area contributed by atoms with Crippen molar-refractivity contribution in [2.75, 3.05) is 4.90 Å². The van der Waals surface area contributed by atoms with Gasteiger partial charge in [0.1, 0.15) is 11.2 Å². The van der Waals surface area contributed by atoms with Crippen LogP contribution in [0.1, 0.15) is 61.8 Å². The zero-order valence-electron chi connectivity index (χ0n) is 32.9. The van der Waals surface area contributed by atoms with E-state index in [9.17, 15) is 0 Å². The van der Waals surface area contributed by atoms with Crippen LogP contribution in [-0.4, -0.2) is 0 Å². The molecule has 2 bridgehead atoms. The summed E-state index contributed by atoms with van der Waals surface area (Å²) in [6, 6.07) is 61.5. The van der Waals surface area contributed by atoms with Crippen molar-refractivity contribution in [3.05, 3.63) is 186 Å². The van der Waals surface area contributed by atoms with Crippen LogP contribution in [0.5, 0.6) is 0 Å². The van der Waals surface area contributed by atoms with Gasteiger partial charge in [0.25, 0.3) is 0 Å². The molecule has 9 aromatic rings. The third-order valence-corrected chi connectivity index (χ3v) is 14.9. The third kappa shape index (κ3) is 4.23. The highest BCUT2D eigenvalue weighted by molar-refractivity contribution is 6.19. The molecule has 0 amide bonds. The van der Waals surface area contributed by atoms with Gasteiger partial charge in [-0.25, -0.2) is 0 Å². The Kier molecular flexibility index (Phi) is 6.54. The van der Waals surface area contributed by atoms with Crippen LogP contribution in [0.3, 0.4) is 0 Å². The van der Waals surface area contributed by atoms with Gasteiger partial charge in [0.05, 0.1) is 11.1 Å². The van der Waals surface area contributed by atoms with Crippen LogP contribution in [0.15, 0.2) is 168 Å². The third-order valence-electron chi connectivity index (χ3n) is 14.9. The first-order chi connectivity index (χ1) is 28.5. The zero-order chi connectivity index (χ0) is 38.3. The van der Waals surface area contributed by atoms with Crippen LogP contribution >= 0.6 is 0 Å². The summed E-state index contributed by atoms with van der Waals surface area (Å²) >= 11 is 0. The fraction of sp³-hybridized carbons (Fsp3) is 0.179. The van der Waals surface area contributed by atoms with Crippen molar-refractivity contribution in [1.29, 1.82) is 0 Å². The van der Waals surface area contributed by atoms with E-state index in [0.717, 1.165) is 44.6 Å². The van der Waals surface area contributed by atoms with Gasteiger partial charge in [-0.2, -0.15) is 0 Å².